The highest BCUT2D eigenvalue weighted by Gasteiger charge is 2.22. The van der Waals surface area contributed by atoms with Crippen LogP contribution >= 0.6 is 0 Å². The van der Waals surface area contributed by atoms with Crippen LogP contribution in [0.15, 0.2) is 72.8 Å². The van der Waals surface area contributed by atoms with E-state index in [1.165, 1.54) is 0 Å². The molecule has 184 valence electrons. The number of aliphatic hydroxyl groups excluding tert-OH is 2. The lowest BCUT2D eigenvalue weighted by molar-refractivity contribution is -0.117. The van der Waals surface area contributed by atoms with E-state index in [9.17, 15) is 15.0 Å². The number of benzene rings is 3. The number of carbonyl (C=O) groups excluding carboxylic acids is 1. The SMILES string of the molecule is COc1cccc(CO)c1NC1CCN(CC(=O)Nc2ccc(C(O)c3ccccc3)cc2)CC1. The van der Waals surface area contributed by atoms with Gasteiger partial charge in [-0.05, 0) is 42.2 Å². The van der Waals surface area contributed by atoms with Gasteiger partial charge in [0.1, 0.15) is 11.9 Å². The molecule has 1 amide bonds. The molecule has 4 rings (SSSR count). The molecule has 0 spiro atoms. The van der Waals surface area contributed by atoms with Crippen molar-refractivity contribution in [3.63, 3.8) is 0 Å². The first-order valence-corrected chi connectivity index (χ1v) is 12.0. The van der Waals surface area contributed by atoms with Gasteiger partial charge in [-0.25, -0.2) is 0 Å². The van der Waals surface area contributed by atoms with Crippen LogP contribution in [0.3, 0.4) is 0 Å². The third-order valence-electron chi connectivity index (χ3n) is 6.43. The fraction of sp³-hybridized carbons (Fsp3) is 0.321. The molecule has 1 saturated heterocycles. The van der Waals surface area contributed by atoms with Gasteiger partial charge in [0.2, 0.25) is 5.91 Å². The van der Waals surface area contributed by atoms with Gasteiger partial charge >= 0.3 is 0 Å². The number of hydrogen-bond acceptors (Lipinski definition) is 6. The molecular weight excluding hydrogens is 442 g/mol. The largest absolute Gasteiger partial charge is 0.495 e. The van der Waals surface area contributed by atoms with Crippen LogP contribution < -0.4 is 15.4 Å². The van der Waals surface area contributed by atoms with E-state index in [0.717, 1.165) is 54.1 Å². The average Bonchev–Trinajstić information content (AvgIpc) is 2.90. The minimum Gasteiger partial charge on any atom is -0.495 e. The normalized spacial score (nSPS) is 15.4. The number of nitrogens with one attached hydrogen (secondary N) is 2. The molecule has 1 atom stereocenters. The van der Waals surface area contributed by atoms with E-state index in [1.807, 2.05) is 72.8 Å². The minimum atomic E-state index is -0.694. The highest BCUT2D eigenvalue weighted by atomic mass is 16.5. The Kier molecular flexibility index (Phi) is 8.36. The molecule has 0 bridgehead atoms. The number of nitrogens with zero attached hydrogens (tertiary/aromatic N) is 1. The molecule has 1 aliphatic rings. The van der Waals surface area contributed by atoms with E-state index in [4.69, 9.17) is 4.74 Å². The number of hydrogen-bond donors (Lipinski definition) is 4. The van der Waals surface area contributed by atoms with Gasteiger partial charge in [-0.3, -0.25) is 9.69 Å². The van der Waals surface area contributed by atoms with Crippen molar-refractivity contribution in [1.82, 2.24) is 4.90 Å². The highest BCUT2D eigenvalue weighted by molar-refractivity contribution is 5.92. The Morgan fingerprint density at radius 3 is 2.34 bits per heavy atom. The molecule has 3 aromatic rings. The lowest BCUT2D eigenvalue weighted by atomic mass is 10.0. The number of anilines is 2. The van der Waals surface area contributed by atoms with Gasteiger partial charge in [-0.2, -0.15) is 0 Å². The van der Waals surface area contributed by atoms with Gasteiger partial charge < -0.3 is 25.6 Å². The van der Waals surface area contributed by atoms with Crippen molar-refractivity contribution in [3.05, 3.63) is 89.5 Å². The Bertz CT molecular complexity index is 1070. The Balaban J connectivity index is 1.25. The number of para-hydroxylation sites is 1. The first-order chi connectivity index (χ1) is 17.1. The zero-order valence-electron chi connectivity index (χ0n) is 20.0. The number of piperidine rings is 1. The van der Waals surface area contributed by atoms with Crippen LogP contribution in [0, 0.1) is 0 Å². The fourth-order valence-corrected chi connectivity index (χ4v) is 4.46. The maximum atomic E-state index is 12.6. The minimum absolute atomic E-state index is 0.0508. The average molecular weight is 476 g/mol. The van der Waals surface area contributed by atoms with E-state index < -0.39 is 6.10 Å². The Morgan fingerprint density at radius 2 is 1.69 bits per heavy atom. The second-order valence-corrected chi connectivity index (χ2v) is 8.83. The molecule has 35 heavy (non-hydrogen) atoms. The zero-order chi connectivity index (χ0) is 24.6. The van der Waals surface area contributed by atoms with Gasteiger partial charge in [0, 0.05) is 30.4 Å². The summed E-state index contributed by atoms with van der Waals surface area (Å²) in [6, 6.07) is 22.7. The van der Waals surface area contributed by atoms with E-state index in [0.29, 0.717) is 12.2 Å². The number of methoxy groups -OCH3 is 1. The topological polar surface area (TPSA) is 94.1 Å². The summed E-state index contributed by atoms with van der Waals surface area (Å²) < 4.78 is 5.45. The molecule has 7 nitrogen and oxygen atoms in total. The highest BCUT2D eigenvalue weighted by Crippen LogP contribution is 2.30. The summed E-state index contributed by atoms with van der Waals surface area (Å²) in [5.41, 5.74) is 3.98. The fourth-order valence-electron chi connectivity index (χ4n) is 4.46. The van der Waals surface area contributed by atoms with Crippen LogP contribution in [0.1, 0.15) is 35.6 Å². The van der Waals surface area contributed by atoms with Crippen LogP contribution in [0.25, 0.3) is 0 Å². The van der Waals surface area contributed by atoms with Crippen molar-refractivity contribution in [3.8, 4) is 5.75 Å². The van der Waals surface area contributed by atoms with Crippen molar-refractivity contribution in [2.24, 2.45) is 0 Å². The lowest BCUT2D eigenvalue weighted by Crippen LogP contribution is -2.42. The zero-order valence-corrected chi connectivity index (χ0v) is 20.0. The summed E-state index contributed by atoms with van der Waals surface area (Å²) in [5, 5.41) is 26.7. The summed E-state index contributed by atoms with van der Waals surface area (Å²) in [6.45, 7) is 1.89. The van der Waals surface area contributed by atoms with Crippen LogP contribution in [-0.4, -0.2) is 53.8 Å². The first kappa shape index (κ1) is 24.7. The van der Waals surface area contributed by atoms with E-state index in [2.05, 4.69) is 15.5 Å². The van der Waals surface area contributed by atoms with Gasteiger partial charge in [0.25, 0.3) is 0 Å². The summed E-state index contributed by atoms with van der Waals surface area (Å²) in [7, 11) is 1.63. The van der Waals surface area contributed by atoms with Gasteiger partial charge in [-0.1, -0.05) is 54.6 Å². The number of rotatable bonds is 9. The van der Waals surface area contributed by atoms with Crippen molar-refractivity contribution in [2.45, 2.75) is 31.6 Å². The van der Waals surface area contributed by atoms with Crippen molar-refractivity contribution >= 4 is 17.3 Å². The Morgan fingerprint density at radius 1 is 1.00 bits per heavy atom. The molecule has 0 aliphatic carbocycles. The molecular formula is C28H33N3O4. The quantitative estimate of drug-likeness (QED) is 0.376. The third-order valence-corrected chi connectivity index (χ3v) is 6.43. The van der Waals surface area contributed by atoms with Crippen LogP contribution in [0.2, 0.25) is 0 Å². The summed E-state index contributed by atoms with van der Waals surface area (Å²) >= 11 is 0. The smallest absolute Gasteiger partial charge is 0.238 e. The second kappa shape index (κ2) is 11.8. The van der Waals surface area contributed by atoms with Crippen molar-refractivity contribution in [1.29, 1.82) is 0 Å². The van der Waals surface area contributed by atoms with E-state index in [-0.39, 0.29) is 18.6 Å². The molecule has 7 heteroatoms. The monoisotopic (exact) mass is 475 g/mol. The summed E-state index contributed by atoms with van der Waals surface area (Å²) in [5.74, 6) is 0.667. The molecule has 0 aromatic heterocycles. The summed E-state index contributed by atoms with van der Waals surface area (Å²) in [4.78, 5) is 14.7. The number of ether oxygens (including phenoxy) is 1. The van der Waals surface area contributed by atoms with E-state index in [1.54, 1.807) is 7.11 Å². The predicted octanol–water partition coefficient (Wildman–Crippen LogP) is 3.78. The van der Waals surface area contributed by atoms with E-state index >= 15 is 0 Å². The Hall–Kier alpha value is -3.39. The molecule has 1 fully saturated rings. The number of carbonyl (C=O) groups is 1. The van der Waals surface area contributed by atoms with Gasteiger partial charge in [-0.15, -0.1) is 0 Å². The van der Waals surface area contributed by atoms with Crippen molar-refractivity contribution < 1.29 is 19.7 Å². The third kappa shape index (κ3) is 6.39. The molecule has 1 aliphatic heterocycles. The van der Waals surface area contributed by atoms with Gasteiger partial charge in [0.05, 0.1) is 25.9 Å². The number of likely N-dealkylation sites (tertiary alicyclic amines) is 1. The maximum Gasteiger partial charge on any atom is 0.238 e. The first-order valence-electron chi connectivity index (χ1n) is 12.0. The molecule has 3 aromatic carbocycles. The molecule has 4 N–H and O–H groups in total. The number of amides is 1. The predicted molar refractivity (Wildman–Crippen MR) is 138 cm³/mol. The van der Waals surface area contributed by atoms with Crippen LogP contribution in [0.4, 0.5) is 11.4 Å². The standard InChI is InChI=1S/C28H33N3O4/c1-35-25-9-5-8-22(19-32)27(25)30-24-14-16-31(17-15-24)18-26(33)29-23-12-10-21(11-13-23)28(34)20-6-3-2-4-7-20/h2-13,24,28,30,32,34H,14-19H2,1H3,(H,29,33). The van der Waals surface area contributed by atoms with Crippen LogP contribution in [-0.2, 0) is 11.4 Å². The van der Waals surface area contributed by atoms with Crippen molar-refractivity contribution in [2.75, 3.05) is 37.4 Å². The maximum absolute atomic E-state index is 12.6. The van der Waals surface area contributed by atoms with Gasteiger partial charge in [0.15, 0.2) is 0 Å². The van der Waals surface area contributed by atoms with Crippen LogP contribution in [0.5, 0.6) is 5.75 Å². The molecule has 0 saturated carbocycles. The molecule has 1 unspecified atom stereocenters. The Labute approximate surface area is 206 Å². The second-order valence-electron chi connectivity index (χ2n) is 8.83. The lowest BCUT2D eigenvalue weighted by Gasteiger charge is -2.33. The molecule has 0 radical (unpaired) electrons. The number of aliphatic hydroxyl groups is 2. The molecule has 1 heterocycles. The summed E-state index contributed by atoms with van der Waals surface area (Å²) in [6.07, 6.45) is 1.09.